The molecule has 1 atom stereocenters. The smallest absolute Gasteiger partial charge is 0.246 e. The molecule has 0 spiro atoms. The lowest BCUT2D eigenvalue weighted by atomic mass is 10.0. The van der Waals surface area contributed by atoms with Gasteiger partial charge in [0.1, 0.15) is 6.61 Å². The Labute approximate surface area is 122 Å². The van der Waals surface area contributed by atoms with Crippen molar-refractivity contribution in [3.63, 3.8) is 0 Å². The van der Waals surface area contributed by atoms with E-state index < -0.39 is 0 Å². The van der Waals surface area contributed by atoms with Crippen LogP contribution in [0.2, 0.25) is 0 Å². The molecule has 0 radical (unpaired) electrons. The number of carbonyl (C=O) groups excluding carboxylic acids is 1. The normalized spacial score (nSPS) is 18.5. The van der Waals surface area contributed by atoms with Crippen molar-refractivity contribution in [2.45, 2.75) is 25.5 Å². The van der Waals surface area contributed by atoms with E-state index in [1.54, 1.807) is 0 Å². The molecule has 1 aliphatic rings. The monoisotopic (exact) mass is 326 g/mol. The number of nitrogens with one attached hydrogen (secondary N) is 2. The van der Waals surface area contributed by atoms with Gasteiger partial charge in [0.2, 0.25) is 5.91 Å². The molecule has 0 aliphatic carbocycles. The SMILES string of the molecule is C[C@@H](NC(=O)COC1(C)CNC1)c1ccccc1Br. The Kier molecular flexibility index (Phi) is 4.60. The van der Waals surface area contributed by atoms with E-state index in [2.05, 4.69) is 26.6 Å². The van der Waals surface area contributed by atoms with E-state index in [9.17, 15) is 4.79 Å². The van der Waals surface area contributed by atoms with Crippen LogP contribution in [-0.4, -0.2) is 31.2 Å². The fourth-order valence-electron chi connectivity index (χ4n) is 2.01. The standard InChI is InChI=1S/C14H19BrN2O2/c1-10(11-5-3-4-6-12(11)15)17-13(18)7-19-14(2)8-16-9-14/h3-6,10,16H,7-9H2,1-2H3,(H,17,18)/t10-/m1/s1. The van der Waals surface area contributed by atoms with Gasteiger partial charge >= 0.3 is 0 Å². The lowest BCUT2D eigenvalue weighted by Crippen LogP contribution is -2.59. The fourth-order valence-corrected chi connectivity index (χ4v) is 2.63. The first-order valence-electron chi connectivity index (χ1n) is 6.39. The van der Waals surface area contributed by atoms with Crippen LogP contribution in [0.4, 0.5) is 0 Å². The van der Waals surface area contributed by atoms with E-state index >= 15 is 0 Å². The number of ether oxygens (including phenoxy) is 1. The van der Waals surface area contributed by atoms with Gasteiger partial charge in [0.05, 0.1) is 11.6 Å². The van der Waals surface area contributed by atoms with Gasteiger partial charge in [-0.05, 0) is 25.5 Å². The summed E-state index contributed by atoms with van der Waals surface area (Å²) in [5.41, 5.74) is 0.876. The zero-order valence-corrected chi connectivity index (χ0v) is 12.8. The zero-order chi connectivity index (χ0) is 13.9. The van der Waals surface area contributed by atoms with Gasteiger partial charge in [-0.2, -0.15) is 0 Å². The maximum absolute atomic E-state index is 11.9. The highest BCUT2D eigenvalue weighted by atomic mass is 79.9. The third kappa shape index (κ3) is 3.78. The van der Waals surface area contributed by atoms with E-state index in [1.165, 1.54) is 0 Å². The highest BCUT2D eigenvalue weighted by Gasteiger charge is 2.33. The van der Waals surface area contributed by atoms with Crippen LogP contribution < -0.4 is 10.6 Å². The number of benzene rings is 1. The summed E-state index contributed by atoms with van der Waals surface area (Å²) in [7, 11) is 0. The van der Waals surface area contributed by atoms with E-state index in [0.717, 1.165) is 23.1 Å². The van der Waals surface area contributed by atoms with Gasteiger partial charge in [-0.3, -0.25) is 4.79 Å². The number of rotatable bonds is 5. The van der Waals surface area contributed by atoms with Crippen LogP contribution in [0.5, 0.6) is 0 Å². The molecule has 1 heterocycles. The summed E-state index contributed by atoms with van der Waals surface area (Å²) in [6, 6.07) is 7.83. The number of hydrogen-bond acceptors (Lipinski definition) is 3. The third-order valence-corrected chi connectivity index (χ3v) is 4.02. The molecule has 0 aromatic heterocycles. The summed E-state index contributed by atoms with van der Waals surface area (Å²) in [5.74, 6) is -0.0867. The third-order valence-electron chi connectivity index (χ3n) is 3.30. The van der Waals surface area contributed by atoms with E-state index in [0.29, 0.717) is 0 Å². The van der Waals surface area contributed by atoms with Crippen molar-refractivity contribution < 1.29 is 9.53 Å². The molecule has 1 amide bonds. The van der Waals surface area contributed by atoms with Crippen LogP contribution in [0, 0.1) is 0 Å². The first kappa shape index (κ1) is 14.5. The molecule has 19 heavy (non-hydrogen) atoms. The Balaban J connectivity index is 1.83. The maximum Gasteiger partial charge on any atom is 0.246 e. The van der Waals surface area contributed by atoms with E-state index in [-0.39, 0.29) is 24.2 Å². The molecule has 0 unspecified atom stereocenters. The van der Waals surface area contributed by atoms with Crippen LogP contribution in [0.1, 0.15) is 25.5 Å². The number of hydrogen-bond donors (Lipinski definition) is 2. The molecular weight excluding hydrogens is 308 g/mol. The van der Waals surface area contributed by atoms with Gasteiger partial charge in [-0.15, -0.1) is 0 Å². The molecule has 5 heteroatoms. The number of amides is 1. The molecule has 1 saturated heterocycles. The van der Waals surface area contributed by atoms with Crippen molar-refractivity contribution in [3.8, 4) is 0 Å². The Morgan fingerprint density at radius 2 is 2.21 bits per heavy atom. The maximum atomic E-state index is 11.9. The summed E-state index contributed by atoms with van der Waals surface area (Å²) in [4.78, 5) is 11.9. The van der Waals surface area contributed by atoms with E-state index in [4.69, 9.17) is 4.74 Å². The van der Waals surface area contributed by atoms with Crippen molar-refractivity contribution in [2.24, 2.45) is 0 Å². The van der Waals surface area contributed by atoms with Crippen LogP contribution >= 0.6 is 15.9 Å². The van der Waals surface area contributed by atoms with Gasteiger partial charge in [0.15, 0.2) is 0 Å². The van der Waals surface area contributed by atoms with Gasteiger partial charge in [0, 0.05) is 17.6 Å². The predicted molar refractivity (Wildman–Crippen MR) is 77.9 cm³/mol. The Morgan fingerprint density at radius 3 is 2.79 bits per heavy atom. The second-order valence-electron chi connectivity index (χ2n) is 5.15. The van der Waals surface area contributed by atoms with Crippen molar-refractivity contribution in [3.05, 3.63) is 34.3 Å². The molecule has 0 bridgehead atoms. The second kappa shape index (κ2) is 6.03. The highest BCUT2D eigenvalue weighted by molar-refractivity contribution is 9.10. The minimum absolute atomic E-state index is 0.0426. The van der Waals surface area contributed by atoms with Crippen LogP contribution in [0.25, 0.3) is 0 Å². The van der Waals surface area contributed by atoms with Crippen molar-refractivity contribution >= 4 is 21.8 Å². The molecule has 1 aromatic rings. The molecule has 4 nitrogen and oxygen atoms in total. The predicted octanol–water partition coefficient (Wildman–Crippen LogP) is 2.00. The van der Waals surface area contributed by atoms with Crippen molar-refractivity contribution in [1.82, 2.24) is 10.6 Å². The molecule has 1 aromatic carbocycles. The summed E-state index contributed by atoms with van der Waals surface area (Å²) in [6.07, 6.45) is 0. The van der Waals surface area contributed by atoms with Crippen LogP contribution in [0.3, 0.4) is 0 Å². The highest BCUT2D eigenvalue weighted by Crippen LogP contribution is 2.22. The molecular formula is C14H19BrN2O2. The van der Waals surface area contributed by atoms with Gasteiger partial charge in [-0.25, -0.2) is 0 Å². The number of carbonyl (C=O) groups is 1. The van der Waals surface area contributed by atoms with Crippen LogP contribution in [-0.2, 0) is 9.53 Å². The first-order chi connectivity index (χ1) is 9.00. The Hall–Kier alpha value is -0.910. The largest absolute Gasteiger partial charge is 0.363 e. The molecule has 1 aliphatic heterocycles. The summed E-state index contributed by atoms with van der Waals surface area (Å²) >= 11 is 3.49. The second-order valence-corrected chi connectivity index (χ2v) is 6.01. The van der Waals surface area contributed by atoms with Gasteiger partial charge < -0.3 is 15.4 Å². The minimum atomic E-state index is -0.187. The first-order valence-corrected chi connectivity index (χ1v) is 7.18. The quantitative estimate of drug-likeness (QED) is 0.870. The lowest BCUT2D eigenvalue weighted by Gasteiger charge is -2.38. The van der Waals surface area contributed by atoms with Gasteiger partial charge in [0.25, 0.3) is 0 Å². The number of halogens is 1. The minimum Gasteiger partial charge on any atom is -0.363 e. The van der Waals surface area contributed by atoms with Crippen molar-refractivity contribution in [2.75, 3.05) is 19.7 Å². The van der Waals surface area contributed by atoms with E-state index in [1.807, 2.05) is 38.1 Å². The molecule has 2 rings (SSSR count). The molecule has 0 saturated carbocycles. The molecule has 2 N–H and O–H groups in total. The topological polar surface area (TPSA) is 50.4 Å². The summed E-state index contributed by atoms with van der Waals surface area (Å²) < 4.78 is 6.61. The Morgan fingerprint density at radius 1 is 1.53 bits per heavy atom. The fraction of sp³-hybridized carbons (Fsp3) is 0.500. The average molecular weight is 327 g/mol. The average Bonchev–Trinajstić information content (AvgIpc) is 2.34. The summed E-state index contributed by atoms with van der Waals surface area (Å²) in [5, 5.41) is 6.08. The van der Waals surface area contributed by atoms with Crippen molar-refractivity contribution in [1.29, 1.82) is 0 Å². The van der Waals surface area contributed by atoms with Crippen LogP contribution in [0.15, 0.2) is 28.7 Å². The molecule has 104 valence electrons. The Bertz CT molecular complexity index is 461. The molecule has 1 fully saturated rings. The lowest BCUT2D eigenvalue weighted by molar-refractivity contribution is -0.136. The zero-order valence-electron chi connectivity index (χ0n) is 11.2. The summed E-state index contributed by atoms with van der Waals surface area (Å²) in [6.45, 7) is 5.69. The van der Waals surface area contributed by atoms with Gasteiger partial charge in [-0.1, -0.05) is 34.1 Å².